The minimum absolute atomic E-state index is 0.0785. The highest BCUT2D eigenvalue weighted by Crippen LogP contribution is 2.35. The number of carbonyl (C=O) groups is 1. The van der Waals surface area contributed by atoms with Crippen molar-refractivity contribution >= 4 is 16.9 Å². The van der Waals surface area contributed by atoms with Gasteiger partial charge < -0.3 is 19.0 Å². The number of aliphatic carboxylic acids is 1. The molecule has 0 fully saturated rings. The van der Waals surface area contributed by atoms with Crippen LogP contribution in [0.3, 0.4) is 0 Å². The smallest absolute Gasteiger partial charge is 0.348 e. The van der Waals surface area contributed by atoms with Gasteiger partial charge in [-0.1, -0.05) is 0 Å². The van der Waals surface area contributed by atoms with Crippen LogP contribution in [-0.4, -0.2) is 23.8 Å². The molecule has 18 heavy (non-hydrogen) atoms. The van der Waals surface area contributed by atoms with Gasteiger partial charge in [0.25, 0.3) is 0 Å². The molecular weight excluding hydrogens is 240 g/mol. The summed E-state index contributed by atoms with van der Waals surface area (Å²) in [6.07, 6.45) is -1.02. The summed E-state index contributed by atoms with van der Waals surface area (Å²) in [5.41, 5.74) is -0.0822. The van der Waals surface area contributed by atoms with E-state index in [4.69, 9.17) is 19.0 Å². The number of fused-ring (bicyclic) bond motifs is 2. The highest BCUT2D eigenvalue weighted by atomic mass is 16.6. The van der Waals surface area contributed by atoms with Crippen molar-refractivity contribution < 1.29 is 23.8 Å². The Labute approximate surface area is 100 Å². The van der Waals surface area contributed by atoms with Gasteiger partial charge in [-0.25, -0.2) is 9.59 Å². The normalized spacial score (nSPS) is 17.7. The third-order valence-corrected chi connectivity index (χ3v) is 2.62. The minimum atomic E-state index is -1.08. The van der Waals surface area contributed by atoms with Crippen molar-refractivity contribution in [1.82, 2.24) is 0 Å². The van der Waals surface area contributed by atoms with Crippen LogP contribution >= 0.6 is 0 Å². The van der Waals surface area contributed by atoms with Gasteiger partial charge in [0.05, 0.1) is 0 Å². The summed E-state index contributed by atoms with van der Waals surface area (Å²) < 4.78 is 15.6. The lowest BCUT2D eigenvalue weighted by Gasteiger charge is -2.23. The Bertz CT molecular complexity index is 687. The number of ether oxygens (including phenoxy) is 2. The first-order valence-corrected chi connectivity index (χ1v) is 5.24. The van der Waals surface area contributed by atoms with Crippen LogP contribution in [0, 0.1) is 0 Å². The largest absolute Gasteiger partial charge is 0.485 e. The zero-order chi connectivity index (χ0) is 12.7. The molecule has 1 atom stereocenters. The molecule has 0 radical (unpaired) electrons. The summed E-state index contributed by atoms with van der Waals surface area (Å²) in [6, 6.07) is 5.97. The lowest BCUT2D eigenvalue weighted by Crippen LogP contribution is -2.36. The minimum Gasteiger partial charge on any atom is -0.485 e. The van der Waals surface area contributed by atoms with Crippen LogP contribution in [0.4, 0.5) is 0 Å². The molecule has 1 unspecified atom stereocenters. The van der Waals surface area contributed by atoms with Gasteiger partial charge in [0.15, 0.2) is 11.5 Å². The monoisotopic (exact) mass is 248 g/mol. The zero-order valence-corrected chi connectivity index (χ0v) is 9.08. The van der Waals surface area contributed by atoms with Gasteiger partial charge in [0.2, 0.25) is 6.10 Å². The molecule has 6 heteroatoms. The molecule has 2 aromatic rings. The molecule has 0 saturated heterocycles. The molecule has 1 N–H and O–H groups in total. The van der Waals surface area contributed by atoms with Crippen molar-refractivity contribution in [2.75, 3.05) is 6.61 Å². The fourth-order valence-corrected chi connectivity index (χ4v) is 1.76. The van der Waals surface area contributed by atoms with E-state index in [0.29, 0.717) is 22.5 Å². The number of hydrogen-bond acceptors (Lipinski definition) is 5. The van der Waals surface area contributed by atoms with E-state index < -0.39 is 17.7 Å². The molecule has 1 aliphatic rings. The van der Waals surface area contributed by atoms with E-state index in [0.717, 1.165) is 0 Å². The topological polar surface area (TPSA) is 86.0 Å². The van der Waals surface area contributed by atoms with E-state index in [2.05, 4.69) is 0 Å². The molecule has 6 nitrogen and oxygen atoms in total. The van der Waals surface area contributed by atoms with Crippen molar-refractivity contribution in [1.29, 1.82) is 0 Å². The Hall–Kier alpha value is -2.50. The Morgan fingerprint density at radius 2 is 2.11 bits per heavy atom. The molecule has 1 aliphatic heterocycles. The van der Waals surface area contributed by atoms with E-state index in [9.17, 15) is 9.59 Å². The van der Waals surface area contributed by atoms with Crippen molar-refractivity contribution in [2.45, 2.75) is 6.10 Å². The maximum atomic E-state index is 11.1. The molecule has 3 rings (SSSR count). The van der Waals surface area contributed by atoms with Gasteiger partial charge in [0.1, 0.15) is 12.2 Å². The number of rotatable bonds is 1. The fraction of sp³-hybridized carbons (Fsp3) is 0.167. The van der Waals surface area contributed by atoms with Gasteiger partial charge in [-0.3, -0.25) is 0 Å². The molecule has 2 heterocycles. The van der Waals surface area contributed by atoms with Crippen LogP contribution in [0.25, 0.3) is 11.0 Å². The molecular formula is C12H8O6. The summed E-state index contributed by atoms with van der Waals surface area (Å²) in [4.78, 5) is 21.9. The molecule has 1 aromatic heterocycles. The van der Waals surface area contributed by atoms with Crippen LogP contribution in [0.5, 0.6) is 11.5 Å². The number of carboxylic acid groups (broad SMARTS) is 1. The van der Waals surface area contributed by atoms with E-state index in [1.165, 1.54) is 12.1 Å². The number of carboxylic acids is 1. The summed E-state index contributed by atoms with van der Waals surface area (Å²) in [6.45, 7) is -0.0785. The maximum Gasteiger partial charge on any atom is 0.348 e. The molecule has 0 amide bonds. The van der Waals surface area contributed by atoms with Crippen molar-refractivity contribution in [2.24, 2.45) is 0 Å². The summed E-state index contributed by atoms with van der Waals surface area (Å²) in [5, 5.41) is 9.49. The molecule has 0 saturated carbocycles. The van der Waals surface area contributed by atoms with Crippen LogP contribution in [0.1, 0.15) is 0 Å². The predicted octanol–water partition coefficient (Wildman–Crippen LogP) is 1.02. The molecule has 1 aromatic carbocycles. The average Bonchev–Trinajstić information content (AvgIpc) is 2.35. The van der Waals surface area contributed by atoms with Crippen molar-refractivity contribution in [3.63, 3.8) is 0 Å². The Balaban J connectivity index is 2.11. The molecule has 0 aliphatic carbocycles. The summed E-state index contributed by atoms with van der Waals surface area (Å²) in [5.74, 6) is -0.385. The SMILES string of the molecule is O=C(O)C1COc2cc3oc(=O)ccc3cc2O1. The van der Waals surface area contributed by atoms with Crippen LogP contribution in [0.15, 0.2) is 33.5 Å². The standard InChI is InChI=1S/C12H8O6/c13-11-2-1-6-3-9-8(4-7(6)18-11)16-5-10(17-9)12(14)15/h1-4,10H,5H2,(H,14,15). The highest BCUT2D eigenvalue weighted by molar-refractivity contribution is 5.81. The first-order valence-electron chi connectivity index (χ1n) is 5.24. The first kappa shape index (κ1) is 10.6. The second-order valence-electron chi connectivity index (χ2n) is 3.85. The van der Waals surface area contributed by atoms with Crippen LogP contribution in [0.2, 0.25) is 0 Å². The van der Waals surface area contributed by atoms with E-state index in [-0.39, 0.29) is 6.61 Å². The first-order chi connectivity index (χ1) is 8.63. The molecule has 0 spiro atoms. The Morgan fingerprint density at radius 1 is 1.28 bits per heavy atom. The lowest BCUT2D eigenvalue weighted by molar-refractivity contribution is -0.147. The quantitative estimate of drug-likeness (QED) is 0.758. The fourth-order valence-electron chi connectivity index (χ4n) is 1.76. The van der Waals surface area contributed by atoms with Gasteiger partial charge in [-0.05, 0) is 12.1 Å². The molecule has 0 bridgehead atoms. The highest BCUT2D eigenvalue weighted by Gasteiger charge is 2.27. The van der Waals surface area contributed by atoms with Gasteiger partial charge >= 0.3 is 11.6 Å². The van der Waals surface area contributed by atoms with Gasteiger partial charge in [-0.2, -0.15) is 0 Å². The maximum absolute atomic E-state index is 11.1. The Kier molecular flexibility index (Phi) is 2.22. The van der Waals surface area contributed by atoms with Crippen LogP contribution in [-0.2, 0) is 4.79 Å². The second-order valence-corrected chi connectivity index (χ2v) is 3.85. The predicted molar refractivity (Wildman–Crippen MR) is 60.0 cm³/mol. The number of hydrogen-bond donors (Lipinski definition) is 1. The number of benzene rings is 1. The van der Waals surface area contributed by atoms with Crippen LogP contribution < -0.4 is 15.1 Å². The second kappa shape index (κ2) is 3.76. The van der Waals surface area contributed by atoms with Crippen molar-refractivity contribution in [3.05, 3.63) is 34.7 Å². The van der Waals surface area contributed by atoms with Crippen molar-refractivity contribution in [3.8, 4) is 11.5 Å². The average molecular weight is 248 g/mol. The van der Waals surface area contributed by atoms with E-state index in [1.807, 2.05) is 0 Å². The van der Waals surface area contributed by atoms with E-state index >= 15 is 0 Å². The third kappa shape index (κ3) is 1.67. The van der Waals surface area contributed by atoms with Gasteiger partial charge in [0, 0.05) is 17.5 Å². The molecule has 92 valence electrons. The Morgan fingerprint density at radius 3 is 2.89 bits per heavy atom. The van der Waals surface area contributed by atoms with Gasteiger partial charge in [-0.15, -0.1) is 0 Å². The van der Waals surface area contributed by atoms with E-state index in [1.54, 1.807) is 12.1 Å². The third-order valence-electron chi connectivity index (χ3n) is 2.62. The zero-order valence-electron chi connectivity index (χ0n) is 9.08. The summed E-state index contributed by atoms with van der Waals surface area (Å²) >= 11 is 0. The summed E-state index contributed by atoms with van der Waals surface area (Å²) in [7, 11) is 0. The lowest BCUT2D eigenvalue weighted by atomic mass is 10.2.